The van der Waals surface area contributed by atoms with E-state index in [4.69, 9.17) is 4.74 Å². The van der Waals surface area contributed by atoms with Crippen molar-refractivity contribution in [3.8, 4) is 0 Å². The number of rotatable bonds is 1. The number of ether oxygens (including phenoxy) is 1. The van der Waals surface area contributed by atoms with Crippen LogP contribution in [-0.2, 0) is 4.74 Å². The molecule has 0 saturated carbocycles. The zero-order valence-electron chi connectivity index (χ0n) is 10.1. The third-order valence-electron chi connectivity index (χ3n) is 3.26. The van der Waals surface area contributed by atoms with Gasteiger partial charge in [-0.1, -0.05) is 34.1 Å². The molecule has 1 aromatic rings. The van der Waals surface area contributed by atoms with Crippen molar-refractivity contribution < 1.29 is 4.74 Å². The summed E-state index contributed by atoms with van der Waals surface area (Å²) < 4.78 is 6.61. The number of aliphatic imine (C=N–C) groups is 1. The van der Waals surface area contributed by atoms with E-state index < -0.39 is 0 Å². The molecule has 0 amide bonds. The van der Waals surface area contributed by atoms with Crippen LogP contribution in [0.5, 0.6) is 0 Å². The molecule has 0 unspecified atom stereocenters. The number of hydrogen-bond donors (Lipinski definition) is 0. The van der Waals surface area contributed by atoms with Gasteiger partial charge in [-0.3, -0.25) is 0 Å². The lowest BCUT2D eigenvalue weighted by atomic mass is 10.00. The maximum Gasteiger partial charge on any atom is 0.287 e. The first kappa shape index (κ1) is 11.8. The van der Waals surface area contributed by atoms with Crippen LogP contribution in [0.15, 0.2) is 39.8 Å². The summed E-state index contributed by atoms with van der Waals surface area (Å²) in [5.74, 6) is 0. The van der Waals surface area contributed by atoms with E-state index >= 15 is 0 Å². The average molecular weight is 307 g/mol. The van der Waals surface area contributed by atoms with Crippen LogP contribution < -0.4 is 0 Å². The van der Waals surface area contributed by atoms with Crippen LogP contribution in [0.4, 0.5) is 0 Å². The van der Waals surface area contributed by atoms with Crippen molar-refractivity contribution in [2.75, 3.05) is 26.2 Å². The molecule has 3 nitrogen and oxygen atoms in total. The molecule has 2 aliphatic rings. The van der Waals surface area contributed by atoms with Crippen molar-refractivity contribution in [2.45, 2.75) is 6.42 Å². The van der Waals surface area contributed by atoms with Crippen LogP contribution in [0, 0.1) is 0 Å². The third-order valence-corrected chi connectivity index (χ3v) is 3.79. The summed E-state index contributed by atoms with van der Waals surface area (Å²) in [5, 5.41) is 0. The zero-order chi connectivity index (χ0) is 12.4. The van der Waals surface area contributed by atoms with E-state index in [9.17, 15) is 0 Å². The Morgan fingerprint density at radius 2 is 2.06 bits per heavy atom. The van der Waals surface area contributed by atoms with Crippen LogP contribution >= 0.6 is 15.9 Å². The van der Waals surface area contributed by atoms with E-state index in [-0.39, 0.29) is 0 Å². The predicted octanol–water partition coefficient (Wildman–Crippen LogP) is 2.92. The lowest BCUT2D eigenvalue weighted by Crippen LogP contribution is -2.34. The largest absolute Gasteiger partial charge is 0.463 e. The summed E-state index contributed by atoms with van der Waals surface area (Å²) in [5.41, 5.74) is 2.73. The van der Waals surface area contributed by atoms with Crippen LogP contribution in [0.25, 0.3) is 5.57 Å². The highest BCUT2D eigenvalue weighted by Crippen LogP contribution is 2.24. The first-order chi connectivity index (χ1) is 8.83. The smallest absolute Gasteiger partial charge is 0.287 e. The first-order valence-corrected chi connectivity index (χ1v) is 6.99. The Bertz CT molecular complexity index is 493. The topological polar surface area (TPSA) is 24.8 Å². The average Bonchev–Trinajstić information content (AvgIpc) is 2.94. The van der Waals surface area contributed by atoms with Crippen molar-refractivity contribution >= 4 is 27.5 Å². The van der Waals surface area contributed by atoms with Gasteiger partial charge < -0.3 is 9.64 Å². The highest BCUT2D eigenvalue weighted by atomic mass is 79.9. The molecule has 94 valence electrons. The predicted molar refractivity (Wildman–Crippen MR) is 76.6 cm³/mol. The molecule has 1 aromatic carbocycles. The number of benzene rings is 1. The van der Waals surface area contributed by atoms with Crippen LogP contribution in [0.3, 0.4) is 0 Å². The lowest BCUT2D eigenvalue weighted by Gasteiger charge is -2.27. The van der Waals surface area contributed by atoms with E-state index in [0.717, 1.165) is 43.2 Å². The minimum Gasteiger partial charge on any atom is -0.463 e. The fourth-order valence-electron chi connectivity index (χ4n) is 2.28. The number of hydrogen-bond acceptors (Lipinski definition) is 3. The van der Waals surface area contributed by atoms with Gasteiger partial charge >= 0.3 is 0 Å². The zero-order valence-corrected chi connectivity index (χ0v) is 11.7. The van der Waals surface area contributed by atoms with Gasteiger partial charge in [0.2, 0.25) is 0 Å². The Hall–Kier alpha value is -1.29. The summed E-state index contributed by atoms with van der Waals surface area (Å²) in [6.07, 6.45) is 3.32. The van der Waals surface area contributed by atoms with Gasteiger partial charge in [0.15, 0.2) is 0 Å². The second kappa shape index (κ2) is 5.14. The fourth-order valence-corrected chi connectivity index (χ4v) is 2.55. The van der Waals surface area contributed by atoms with Gasteiger partial charge in [-0.15, -0.1) is 0 Å². The number of nitrogens with zero attached hydrogens (tertiary/aromatic N) is 2. The molecule has 0 spiro atoms. The molecule has 4 heteroatoms. The third kappa shape index (κ3) is 2.43. The molecule has 18 heavy (non-hydrogen) atoms. The molecule has 2 heterocycles. The fraction of sp³-hybridized carbons (Fsp3) is 0.357. The molecule has 0 fully saturated rings. The molecule has 0 bridgehead atoms. The van der Waals surface area contributed by atoms with Crippen molar-refractivity contribution in [1.29, 1.82) is 0 Å². The van der Waals surface area contributed by atoms with Gasteiger partial charge in [0.25, 0.3) is 6.02 Å². The SMILES string of the molecule is Brc1ccc(C2=CCN(C3=NCCO3)CC2)cc1. The summed E-state index contributed by atoms with van der Waals surface area (Å²) in [6, 6.07) is 9.32. The van der Waals surface area contributed by atoms with Gasteiger partial charge in [0.05, 0.1) is 6.54 Å². The van der Waals surface area contributed by atoms with Gasteiger partial charge in [-0.25, -0.2) is 4.99 Å². The van der Waals surface area contributed by atoms with E-state index in [1.54, 1.807) is 0 Å². The molecule has 0 aromatic heterocycles. The van der Waals surface area contributed by atoms with Crippen molar-refractivity contribution in [2.24, 2.45) is 4.99 Å². The Balaban J connectivity index is 1.71. The van der Waals surface area contributed by atoms with E-state index in [0.29, 0.717) is 0 Å². The maximum atomic E-state index is 5.49. The molecule has 2 aliphatic heterocycles. The Kier molecular flexibility index (Phi) is 3.37. The maximum absolute atomic E-state index is 5.49. The van der Waals surface area contributed by atoms with Crippen LogP contribution in [0.1, 0.15) is 12.0 Å². The molecular formula is C14H15BrN2O. The summed E-state index contributed by atoms with van der Waals surface area (Å²) in [7, 11) is 0. The molecule has 3 rings (SSSR count). The van der Waals surface area contributed by atoms with Gasteiger partial charge in [0, 0.05) is 17.6 Å². The lowest BCUT2D eigenvalue weighted by molar-refractivity contribution is 0.272. The van der Waals surface area contributed by atoms with E-state index in [1.165, 1.54) is 11.1 Å². The van der Waals surface area contributed by atoms with E-state index in [1.807, 2.05) is 0 Å². The van der Waals surface area contributed by atoms with Crippen molar-refractivity contribution in [3.05, 3.63) is 40.4 Å². The van der Waals surface area contributed by atoms with Gasteiger partial charge in [-0.2, -0.15) is 0 Å². The minimum absolute atomic E-state index is 0.731. The van der Waals surface area contributed by atoms with Gasteiger partial charge in [0.1, 0.15) is 6.61 Å². The molecule has 0 N–H and O–H groups in total. The summed E-state index contributed by atoms with van der Waals surface area (Å²) in [4.78, 5) is 6.56. The molecule has 0 aliphatic carbocycles. The second-order valence-corrected chi connectivity index (χ2v) is 5.36. The Morgan fingerprint density at radius 3 is 2.67 bits per heavy atom. The normalized spacial score (nSPS) is 19.3. The minimum atomic E-state index is 0.731. The first-order valence-electron chi connectivity index (χ1n) is 6.20. The number of amidine groups is 1. The number of halogens is 1. The van der Waals surface area contributed by atoms with Crippen LogP contribution in [0.2, 0.25) is 0 Å². The van der Waals surface area contributed by atoms with Crippen molar-refractivity contribution in [1.82, 2.24) is 4.90 Å². The Labute approximate surface area is 115 Å². The van der Waals surface area contributed by atoms with Crippen molar-refractivity contribution in [3.63, 3.8) is 0 Å². The van der Waals surface area contributed by atoms with E-state index in [2.05, 4.69) is 56.2 Å². The molecule has 0 atom stereocenters. The highest BCUT2D eigenvalue weighted by Gasteiger charge is 2.19. The monoisotopic (exact) mass is 306 g/mol. The highest BCUT2D eigenvalue weighted by molar-refractivity contribution is 9.10. The Morgan fingerprint density at radius 1 is 1.22 bits per heavy atom. The second-order valence-electron chi connectivity index (χ2n) is 4.45. The molecule has 0 saturated heterocycles. The molecular weight excluding hydrogens is 292 g/mol. The summed E-state index contributed by atoms with van der Waals surface area (Å²) in [6.45, 7) is 3.41. The van der Waals surface area contributed by atoms with Gasteiger partial charge in [-0.05, 0) is 29.7 Å². The van der Waals surface area contributed by atoms with Crippen LogP contribution in [-0.4, -0.2) is 37.2 Å². The molecule has 0 radical (unpaired) electrons. The quantitative estimate of drug-likeness (QED) is 0.797. The summed E-state index contributed by atoms with van der Waals surface area (Å²) >= 11 is 3.46. The standard InChI is InChI=1S/C14H15BrN2O/c15-13-3-1-11(2-4-13)12-5-8-17(9-6-12)14-16-7-10-18-14/h1-5H,6-10H2.